The molecular weight excluding hydrogens is 358 g/mol. The quantitative estimate of drug-likeness (QED) is 0.299. The standard InChI is InChI=1S/C21H45B2Si3/c1-12-18(22(14-3)15-4)20(24(7)8)26(11)21(25(9)10)19(13-2)23(16-5)17-6/h12-17H2,1-11H3/b20-18-,21-19+. The van der Waals surface area contributed by atoms with Crippen LogP contribution < -0.4 is 0 Å². The van der Waals surface area contributed by atoms with Crippen molar-refractivity contribution >= 4 is 39.8 Å². The van der Waals surface area contributed by atoms with Gasteiger partial charge in [-0.2, -0.15) is 0 Å². The van der Waals surface area contributed by atoms with E-state index in [4.69, 9.17) is 0 Å². The predicted octanol–water partition coefficient (Wildman–Crippen LogP) is 7.34. The maximum atomic E-state index is 2.67. The molecule has 0 heterocycles. The van der Waals surface area contributed by atoms with E-state index >= 15 is 0 Å². The van der Waals surface area contributed by atoms with Gasteiger partial charge in [0.25, 0.3) is 0 Å². The molecule has 0 saturated heterocycles. The summed E-state index contributed by atoms with van der Waals surface area (Å²) in [6.45, 7) is 29.0. The van der Waals surface area contributed by atoms with Crippen LogP contribution in [-0.4, -0.2) is 39.8 Å². The Hall–Kier alpha value is 0.261. The Bertz CT molecular complexity index is 420. The van der Waals surface area contributed by atoms with E-state index in [1.807, 2.05) is 20.6 Å². The summed E-state index contributed by atoms with van der Waals surface area (Å²) in [6.07, 6.45) is 7.81. The van der Waals surface area contributed by atoms with E-state index in [0.29, 0.717) is 0 Å². The zero-order valence-electron chi connectivity index (χ0n) is 19.9. The van der Waals surface area contributed by atoms with Crippen LogP contribution >= 0.6 is 0 Å². The molecule has 147 valence electrons. The minimum atomic E-state index is -0.566. The van der Waals surface area contributed by atoms with E-state index in [1.165, 1.54) is 38.1 Å². The summed E-state index contributed by atoms with van der Waals surface area (Å²) in [5.74, 6) is 0. The van der Waals surface area contributed by atoms with Crippen molar-refractivity contribution in [2.45, 2.75) is 112 Å². The van der Waals surface area contributed by atoms with Gasteiger partial charge in [-0.3, -0.25) is 0 Å². The number of hydrogen-bond donors (Lipinski definition) is 0. The van der Waals surface area contributed by atoms with Crippen molar-refractivity contribution in [1.82, 2.24) is 0 Å². The van der Waals surface area contributed by atoms with Gasteiger partial charge in [0.15, 0.2) is 13.4 Å². The van der Waals surface area contributed by atoms with Crippen molar-refractivity contribution in [3.8, 4) is 0 Å². The number of hydrogen-bond acceptors (Lipinski definition) is 0. The smallest absolute Gasteiger partial charge is 0.110 e. The number of rotatable bonds is 12. The first-order valence-electron chi connectivity index (χ1n) is 11.2. The predicted molar refractivity (Wildman–Crippen MR) is 135 cm³/mol. The van der Waals surface area contributed by atoms with Crippen LogP contribution in [0.3, 0.4) is 0 Å². The average Bonchev–Trinajstić information content (AvgIpc) is 2.60. The molecule has 0 aliphatic carbocycles. The molecule has 0 aromatic carbocycles. The third-order valence-corrected chi connectivity index (χ3v) is 16.1. The second-order valence-corrected chi connectivity index (χ2v) is 16.4. The Kier molecular flexibility index (Phi) is 13.6. The van der Waals surface area contributed by atoms with Gasteiger partial charge in [0, 0.05) is 0 Å². The molecule has 0 rings (SSSR count). The average molecular weight is 403 g/mol. The third kappa shape index (κ3) is 6.70. The van der Waals surface area contributed by atoms with Gasteiger partial charge >= 0.3 is 0 Å². The molecule has 0 aliphatic rings. The van der Waals surface area contributed by atoms with Crippen molar-refractivity contribution in [3.05, 3.63) is 20.6 Å². The Balaban J connectivity index is 6.57. The SMILES string of the molecule is CCB(CC)/C(CC)=C(\[Si](C)C)[Si](C)/C(=C(/CC)B(CC)CC)[Si](C)C. The van der Waals surface area contributed by atoms with E-state index in [1.54, 1.807) is 0 Å². The van der Waals surface area contributed by atoms with Gasteiger partial charge in [-0.25, -0.2) is 0 Å². The molecule has 26 heavy (non-hydrogen) atoms. The normalized spacial score (nSPS) is 14.1. The molecule has 3 radical (unpaired) electrons. The topological polar surface area (TPSA) is 0 Å². The maximum absolute atomic E-state index is 2.67. The van der Waals surface area contributed by atoms with Crippen molar-refractivity contribution in [1.29, 1.82) is 0 Å². The molecule has 0 unspecified atom stereocenters. The Morgan fingerprint density at radius 3 is 0.962 bits per heavy atom. The summed E-state index contributed by atoms with van der Waals surface area (Å²) in [5.41, 5.74) is 3.73. The first-order chi connectivity index (χ1) is 12.2. The molecule has 0 fully saturated rings. The lowest BCUT2D eigenvalue weighted by Gasteiger charge is -2.32. The fourth-order valence-electron chi connectivity index (χ4n) is 4.90. The van der Waals surface area contributed by atoms with Gasteiger partial charge in [0.2, 0.25) is 0 Å². The molecule has 5 heteroatoms. The summed E-state index contributed by atoms with van der Waals surface area (Å²) in [6, 6.07) is 0. The van der Waals surface area contributed by atoms with Gasteiger partial charge < -0.3 is 0 Å². The van der Waals surface area contributed by atoms with Crippen LogP contribution in [-0.2, 0) is 0 Å². The van der Waals surface area contributed by atoms with E-state index in [-0.39, 0.29) is 0 Å². The molecule has 0 N–H and O–H groups in total. The van der Waals surface area contributed by atoms with Gasteiger partial charge in [0.1, 0.15) is 0 Å². The van der Waals surface area contributed by atoms with Crippen LogP contribution in [0, 0.1) is 0 Å². The van der Waals surface area contributed by atoms with Crippen molar-refractivity contribution in [2.24, 2.45) is 0 Å². The van der Waals surface area contributed by atoms with Crippen LogP contribution in [0.2, 0.25) is 58.0 Å². The Morgan fingerprint density at radius 2 is 0.808 bits per heavy atom. The molecule has 0 aromatic rings. The summed E-state index contributed by atoms with van der Waals surface area (Å²) < 4.78 is 0. The first kappa shape index (κ1) is 26.3. The van der Waals surface area contributed by atoms with E-state index in [0.717, 1.165) is 13.4 Å². The number of allylic oxidation sites excluding steroid dienone is 2. The van der Waals surface area contributed by atoms with Crippen LogP contribution in [0.5, 0.6) is 0 Å². The lowest BCUT2D eigenvalue weighted by Crippen LogP contribution is -2.37. The third-order valence-electron chi connectivity index (χ3n) is 6.11. The highest BCUT2D eigenvalue weighted by molar-refractivity contribution is 7.01. The first-order valence-corrected chi connectivity index (χ1v) is 18.2. The second-order valence-electron chi connectivity index (χ2n) is 8.16. The Labute approximate surface area is 172 Å². The van der Waals surface area contributed by atoms with Crippen molar-refractivity contribution in [3.63, 3.8) is 0 Å². The highest BCUT2D eigenvalue weighted by atomic mass is 28.4. The van der Waals surface area contributed by atoms with Crippen molar-refractivity contribution in [2.75, 3.05) is 0 Å². The van der Waals surface area contributed by atoms with Gasteiger partial charge in [0.05, 0.1) is 26.4 Å². The lowest BCUT2D eigenvalue weighted by atomic mass is 9.40. The summed E-state index contributed by atoms with van der Waals surface area (Å²) >= 11 is 0. The molecule has 0 saturated carbocycles. The molecule has 0 aromatic heterocycles. The van der Waals surface area contributed by atoms with Gasteiger partial charge in [-0.1, -0.05) is 109 Å². The van der Waals surface area contributed by atoms with Crippen LogP contribution in [0.15, 0.2) is 20.6 Å². The molecule has 0 nitrogen and oxygen atoms in total. The maximum Gasteiger partial charge on any atom is 0.168 e. The van der Waals surface area contributed by atoms with Crippen LogP contribution in [0.4, 0.5) is 0 Å². The summed E-state index contributed by atoms with van der Waals surface area (Å²) in [7, 11) is -1.36. The molecule has 0 aliphatic heterocycles. The molecule has 0 atom stereocenters. The fourth-order valence-corrected chi connectivity index (χ4v) is 16.0. The zero-order valence-corrected chi connectivity index (χ0v) is 22.9. The Morgan fingerprint density at radius 1 is 0.538 bits per heavy atom. The minimum absolute atomic E-state index is 0.397. The van der Waals surface area contributed by atoms with Crippen LogP contribution in [0.25, 0.3) is 0 Å². The molecule has 0 bridgehead atoms. The monoisotopic (exact) mass is 403 g/mol. The summed E-state index contributed by atoms with van der Waals surface area (Å²) in [5, 5.41) is 0. The lowest BCUT2D eigenvalue weighted by molar-refractivity contribution is 1.14. The van der Waals surface area contributed by atoms with Crippen LogP contribution in [0.1, 0.15) is 54.4 Å². The van der Waals surface area contributed by atoms with Gasteiger partial charge in [-0.15, -0.1) is 10.9 Å². The van der Waals surface area contributed by atoms with Crippen molar-refractivity contribution < 1.29 is 0 Å². The summed E-state index contributed by atoms with van der Waals surface area (Å²) in [4.78, 5) is 3.96. The highest BCUT2D eigenvalue weighted by Crippen LogP contribution is 2.30. The molecule has 0 spiro atoms. The fraction of sp³-hybridized carbons (Fsp3) is 0.810. The second kappa shape index (κ2) is 13.4. The minimum Gasteiger partial charge on any atom is -0.110 e. The zero-order chi connectivity index (χ0) is 20.4. The van der Waals surface area contributed by atoms with E-state index < -0.39 is 26.4 Å². The highest BCUT2D eigenvalue weighted by Gasteiger charge is 2.30. The molecular formula is C21H45B2Si3. The molecule has 0 amide bonds. The van der Waals surface area contributed by atoms with E-state index in [2.05, 4.69) is 74.3 Å². The van der Waals surface area contributed by atoms with E-state index in [9.17, 15) is 0 Å². The van der Waals surface area contributed by atoms with Gasteiger partial charge in [-0.05, 0) is 12.8 Å². The largest absolute Gasteiger partial charge is 0.168 e.